The molecule has 2 heterocycles. The Labute approximate surface area is 178 Å². The van der Waals surface area contributed by atoms with Crippen molar-refractivity contribution in [2.75, 3.05) is 6.54 Å². The maximum absolute atomic E-state index is 12.8. The van der Waals surface area contributed by atoms with E-state index in [0.717, 1.165) is 12.0 Å². The van der Waals surface area contributed by atoms with Crippen molar-refractivity contribution < 1.29 is 9.21 Å². The molecule has 1 amide bonds. The highest BCUT2D eigenvalue weighted by Gasteiger charge is 2.31. The van der Waals surface area contributed by atoms with Gasteiger partial charge in [0.25, 0.3) is 5.91 Å². The molecule has 0 unspecified atom stereocenters. The molecule has 142 valence electrons. The van der Waals surface area contributed by atoms with Crippen molar-refractivity contribution in [3.05, 3.63) is 88.5 Å². The van der Waals surface area contributed by atoms with Gasteiger partial charge in [-0.3, -0.25) is 9.69 Å². The second-order valence-corrected chi connectivity index (χ2v) is 8.14. The van der Waals surface area contributed by atoms with E-state index in [1.807, 2.05) is 54.6 Å². The lowest BCUT2D eigenvalue weighted by molar-refractivity contribution is -0.122. The van der Waals surface area contributed by atoms with Crippen LogP contribution in [0.3, 0.4) is 0 Å². The number of carbonyl (C=O) groups excluding carboxylic acids is 1. The summed E-state index contributed by atoms with van der Waals surface area (Å²) in [5, 5.41) is 8.90. The van der Waals surface area contributed by atoms with Crippen molar-refractivity contribution in [3.8, 4) is 17.4 Å². The van der Waals surface area contributed by atoms with Gasteiger partial charge in [-0.15, -0.1) is 0 Å². The minimum Gasteiger partial charge on any atom is -0.457 e. The Morgan fingerprint density at radius 2 is 1.83 bits per heavy atom. The summed E-state index contributed by atoms with van der Waals surface area (Å²) in [6, 6.07) is 23.0. The predicted molar refractivity (Wildman–Crippen MR) is 119 cm³/mol. The lowest BCUT2D eigenvalue weighted by Crippen LogP contribution is -2.30. The quantitative estimate of drug-likeness (QED) is 0.419. The van der Waals surface area contributed by atoms with E-state index in [-0.39, 0.29) is 5.91 Å². The molecule has 1 aliphatic rings. The van der Waals surface area contributed by atoms with Crippen LogP contribution >= 0.6 is 24.0 Å². The summed E-state index contributed by atoms with van der Waals surface area (Å²) in [7, 11) is 0. The third kappa shape index (κ3) is 4.32. The Balaban J connectivity index is 1.47. The molecule has 4 nitrogen and oxygen atoms in total. The SMILES string of the molecule is N#Cc1ccc(-c2ccc(/C=C3/SC(=S)N(CCc4ccccc4)C3=O)o2)cc1. The first kappa shape index (κ1) is 19.2. The van der Waals surface area contributed by atoms with Crippen molar-refractivity contribution in [1.82, 2.24) is 4.90 Å². The first-order valence-corrected chi connectivity index (χ1v) is 10.3. The Kier molecular flexibility index (Phi) is 5.61. The largest absolute Gasteiger partial charge is 0.457 e. The molecule has 1 saturated heterocycles. The molecule has 6 heteroatoms. The molecule has 0 spiro atoms. The van der Waals surface area contributed by atoms with E-state index < -0.39 is 0 Å². The van der Waals surface area contributed by atoms with Crippen LogP contribution in [-0.4, -0.2) is 21.7 Å². The summed E-state index contributed by atoms with van der Waals surface area (Å²) in [5.74, 6) is 1.18. The summed E-state index contributed by atoms with van der Waals surface area (Å²) < 4.78 is 6.43. The molecule has 0 radical (unpaired) electrons. The number of furan rings is 1. The number of amides is 1. The van der Waals surface area contributed by atoms with Gasteiger partial charge in [-0.25, -0.2) is 0 Å². The van der Waals surface area contributed by atoms with Crippen molar-refractivity contribution in [3.63, 3.8) is 0 Å². The number of benzene rings is 2. The maximum atomic E-state index is 12.8. The standard InChI is InChI=1S/C23H16N2O2S2/c24-15-17-6-8-18(9-7-17)20-11-10-19(27-20)14-21-22(26)25(23(28)29-21)13-12-16-4-2-1-3-5-16/h1-11,14H,12-13H2/b21-14+. The summed E-state index contributed by atoms with van der Waals surface area (Å²) in [4.78, 5) is 15.0. The first-order chi connectivity index (χ1) is 14.1. The Hall–Kier alpha value is -3.14. The molecule has 29 heavy (non-hydrogen) atoms. The van der Waals surface area contributed by atoms with Crippen molar-refractivity contribution >= 4 is 40.3 Å². The van der Waals surface area contributed by atoms with Gasteiger partial charge in [-0.1, -0.05) is 54.3 Å². The number of thioether (sulfide) groups is 1. The summed E-state index contributed by atoms with van der Waals surface area (Å²) in [5.41, 5.74) is 2.64. The first-order valence-electron chi connectivity index (χ1n) is 9.04. The van der Waals surface area contributed by atoms with E-state index in [4.69, 9.17) is 21.9 Å². The highest BCUT2D eigenvalue weighted by molar-refractivity contribution is 8.26. The average Bonchev–Trinajstić information content (AvgIpc) is 3.32. The molecular formula is C23H16N2O2S2. The average molecular weight is 417 g/mol. The van der Waals surface area contributed by atoms with E-state index >= 15 is 0 Å². The van der Waals surface area contributed by atoms with Gasteiger partial charge in [0.2, 0.25) is 0 Å². The Morgan fingerprint density at radius 3 is 2.55 bits per heavy atom. The molecule has 3 aromatic rings. The number of rotatable bonds is 5. The molecule has 0 aliphatic carbocycles. The van der Waals surface area contributed by atoms with Gasteiger partial charge in [0.1, 0.15) is 15.8 Å². The van der Waals surface area contributed by atoms with Gasteiger partial charge in [0.15, 0.2) is 0 Å². The van der Waals surface area contributed by atoms with Crippen LogP contribution in [0.1, 0.15) is 16.9 Å². The number of hydrogen-bond acceptors (Lipinski definition) is 5. The van der Waals surface area contributed by atoms with Crippen LogP contribution in [0.15, 0.2) is 76.1 Å². The number of hydrogen-bond donors (Lipinski definition) is 0. The Morgan fingerprint density at radius 1 is 1.07 bits per heavy atom. The molecule has 4 rings (SSSR count). The number of nitrogens with zero attached hydrogens (tertiary/aromatic N) is 2. The number of nitriles is 1. The predicted octanol–water partition coefficient (Wildman–Crippen LogP) is 5.26. The van der Waals surface area contributed by atoms with E-state index in [9.17, 15) is 4.79 Å². The van der Waals surface area contributed by atoms with Crippen LogP contribution in [0.4, 0.5) is 0 Å². The molecule has 0 atom stereocenters. The van der Waals surface area contributed by atoms with Crippen LogP contribution in [0.5, 0.6) is 0 Å². The molecule has 2 aromatic carbocycles. The maximum Gasteiger partial charge on any atom is 0.266 e. The topological polar surface area (TPSA) is 57.2 Å². The van der Waals surface area contributed by atoms with E-state index in [2.05, 4.69) is 6.07 Å². The molecule has 0 saturated carbocycles. The molecule has 1 fully saturated rings. The van der Waals surface area contributed by atoms with Gasteiger partial charge in [0, 0.05) is 18.2 Å². The monoisotopic (exact) mass is 416 g/mol. The summed E-state index contributed by atoms with van der Waals surface area (Å²) in [6.45, 7) is 0.556. The molecule has 0 N–H and O–H groups in total. The summed E-state index contributed by atoms with van der Waals surface area (Å²) >= 11 is 6.70. The molecule has 1 aliphatic heterocycles. The van der Waals surface area contributed by atoms with Crippen molar-refractivity contribution in [2.24, 2.45) is 0 Å². The van der Waals surface area contributed by atoms with E-state index in [1.54, 1.807) is 23.1 Å². The van der Waals surface area contributed by atoms with Gasteiger partial charge in [0.05, 0.1) is 16.5 Å². The number of carbonyl (C=O) groups is 1. The zero-order valence-corrected chi connectivity index (χ0v) is 17.0. The van der Waals surface area contributed by atoms with Gasteiger partial charge in [-0.05, 0) is 48.4 Å². The third-order valence-electron chi connectivity index (χ3n) is 4.54. The summed E-state index contributed by atoms with van der Waals surface area (Å²) in [6.07, 6.45) is 2.49. The minimum absolute atomic E-state index is 0.0905. The Bertz CT molecular complexity index is 1130. The van der Waals surface area contributed by atoms with E-state index in [0.29, 0.717) is 32.9 Å². The second kappa shape index (κ2) is 8.48. The number of thiocarbonyl (C=S) groups is 1. The normalized spacial score (nSPS) is 15.1. The van der Waals surface area contributed by atoms with Crippen LogP contribution < -0.4 is 0 Å². The second-order valence-electron chi connectivity index (χ2n) is 6.46. The molecule has 1 aromatic heterocycles. The molecule has 0 bridgehead atoms. The van der Waals surface area contributed by atoms with Crippen LogP contribution in [0.2, 0.25) is 0 Å². The smallest absolute Gasteiger partial charge is 0.266 e. The fourth-order valence-corrected chi connectivity index (χ4v) is 4.29. The van der Waals surface area contributed by atoms with Gasteiger partial charge in [-0.2, -0.15) is 5.26 Å². The fraction of sp³-hybridized carbons (Fsp3) is 0.0870. The van der Waals surface area contributed by atoms with Crippen LogP contribution in [0, 0.1) is 11.3 Å². The van der Waals surface area contributed by atoms with Crippen LogP contribution in [0.25, 0.3) is 17.4 Å². The molecular weight excluding hydrogens is 400 g/mol. The minimum atomic E-state index is -0.0905. The lowest BCUT2D eigenvalue weighted by Gasteiger charge is -2.14. The van der Waals surface area contributed by atoms with Crippen molar-refractivity contribution in [2.45, 2.75) is 6.42 Å². The third-order valence-corrected chi connectivity index (χ3v) is 5.92. The zero-order chi connectivity index (χ0) is 20.2. The fourth-order valence-electron chi connectivity index (χ4n) is 3.00. The van der Waals surface area contributed by atoms with Crippen LogP contribution in [-0.2, 0) is 11.2 Å². The van der Waals surface area contributed by atoms with E-state index in [1.165, 1.54) is 17.3 Å². The highest BCUT2D eigenvalue weighted by Crippen LogP contribution is 2.33. The van der Waals surface area contributed by atoms with Gasteiger partial charge >= 0.3 is 0 Å². The lowest BCUT2D eigenvalue weighted by atomic mass is 10.1. The zero-order valence-electron chi connectivity index (χ0n) is 15.4. The van der Waals surface area contributed by atoms with Crippen molar-refractivity contribution in [1.29, 1.82) is 5.26 Å². The van der Waals surface area contributed by atoms with Gasteiger partial charge < -0.3 is 4.42 Å². The highest BCUT2D eigenvalue weighted by atomic mass is 32.2.